The number of thioether (sulfide) groups is 1. The molecule has 8 nitrogen and oxygen atoms in total. The maximum absolute atomic E-state index is 14.5. The first-order valence-corrected chi connectivity index (χ1v) is 10.7. The Balaban J connectivity index is 1.68. The highest BCUT2D eigenvalue weighted by atomic mass is 32.2. The minimum absolute atomic E-state index is 0.0762. The third kappa shape index (κ3) is 4.64. The summed E-state index contributed by atoms with van der Waals surface area (Å²) in [5, 5.41) is 10.8. The van der Waals surface area contributed by atoms with Crippen LogP contribution in [0.3, 0.4) is 0 Å². The highest BCUT2D eigenvalue weighted by molar-refractivity contribution is 8.02. The van der Waals surface area contributed by atoms with Gasteiger partial charge < -0.3 is 20.7 Å². The lowest BCUT2D eigenvalue weighted by molar-refractivity contribution is -0.274. The van der Waals surface area contributed by atoms with Crippen LogP contribution in [-0.2, 0) is 11.3 Å². The molecule has 0 bridgehead atoms. The molecule has 0 spiro atoms. The summed E-state index contributed by atoms with van der Waals surface area (Å²) in [7, 11) is 1.48. The molecule has 1 atom stereocenters. The predicted octanol–water partition coefficient (Wildman–Crippen LogP) is 3.53. The lowest BCUT2D eigenvalue weighted by Crippen LogP contribution is -2.30. The summed E-state index contributed by atoms with van der Waals surface area (Å²) >= 11 is 1.22. The van der Waals surface area contributed by atoms with E-state index in [2.05, 4.69) is 20.3 Å². The molecule has 0 radical (unpaired) electrons. The number of primary amides is 1. The van der Waals surface area contributed by atoms with E-state index >= 15 is 0 Å². The molecule has 0 fully saturated rings. The minimum atomic E-state index is -4.94. The van der Waals surface area contributed by atoms with Crippen LogP contribution in [0.5, 0.6) is 5.75 Å². The fourth-order valence-corrected chi connectivity index (χ4v) is 4.71. The normalized spacial score (nSPS) is 16.0. The van der Waals surface area contributed by atoms with Crippen molar-refractivity contribution in [3.8, 4) is 5.75 Å². The Bertz CT molecular complexity index is 1310. The number of halogens is 4. The number of aromatic amines is 1. The predicted molar refractivity (Wildman–Crippen MR) is 116 cm³/mol. The van der Waals surface area contributed by atoms with Gasteiger partial charge in [-0.2, -0.15) is 5.10 Å². The monoisotopic (exact) mass is 495 g/mol. The maximum atomic E-state index is 14.5. The van der Waals surface area contributed by atoms with E-state index in [4.69, 9.17) is 5.73 Å². The fourth-order valence-electron chi connectivity index (χ4n) is 3.56. The Labute approximate surface area is 194 Å². The largest absolute Gasteiger partial charge is 0.573 e. The lowest BCUT2D eigenvalue weighted by atomic mass is 10.1. The van der Waals surface area contributed by atoms with Crippen LogP contribution in [0, 0.1) is 5.82 Å². The van der Waals surface area contributed by atoms with Crippen molar-refractivity contribution in [3.63, 3.8) is 0 Å². The number of nitrogens with two attached hydrogens (primary N) is 1. The molecule has 2 amide bonds. The van der Waals surface area contributed by atoms with Gasteiger partial charge in [0.15, 0.2) is 5.69 Å². The summed E-state index contributed by atoms with van der Waals surface area (Å²) in [6, 6.07) is 7.76. The number of nitrogens with zero attached hydrogens (tertiary/aromatic N) is 2. The highest BCUT2D eigenvalue weighted by Crippen LogP contribution is 2.44. The van der Waals surface area contributed by atoms with Crippen molar-refractivity contribution in [3.05, 3.63) is 70.1 Å². The van der Waals surface area contributed by atoms with Gasteiger partial charge in [0.1, 0.15) is 22.6 Å². The number of amides is 2. The smallest absolute Gasteiger partial charge is 0.406 e. The van der Waals surface area contributed by atoms with Crippen molar-refractivity contribution in [2.45, 2.75) is 18.3 Å². The molecule has 3 aromatic rings. The topological polar surface area (TPSA) is 113 Å². The summed E-state index contributed by atoms with van der Waals surface area (Å²) < 4.78 is 56.2. The van der Waals surface area contributed by atoms with Crippen LogP contribution in [-0.4, -0.2) is 40.3 Å². The van der Waals surface area contributed by atoms with Crippen LogP contribution in [0.4, 0.5) is 17.6 Å². The number of hydrogen-bond acceptors (Lipinski definition) is 6. The van der Waals surface area contributed by atoms with E-state index in [1.807, 2.05) is 0 Å². The first-order chi connectivity index (χ1) is 16.1. The molecule has 4 N–H and O–H groups in total. The third-order valence-electron chi connectivity index (χ3n) is 5.06. The molecule has 2 aromatic carbocycles. The molecule has 13 heteroatoms. The second kappa shape index (κ2) is 8.89. The zero-order chi connectivity index (χ0) is 24.6. The van der Waals surface area contributed by atoms with Crippen LogP contribution in [0.2, 0.25) is 0 Å². The molecule has 178 valence electrons. The van der Waals surface area contributed by atoms with Gasteiger partial charge in [-0.25, -0.2) is 4.39 Å². The van der Waals surface area contributed by atoms with Crippen molar-refractivity contribution in [2.75, 3.05) is 7.05 Å². The minimum Gasteiger partial charge on any atom is -0.406 e. The van der Waals surface area contributed by atoms with Crippen LogP contribution in [0.15, 0.2) is 47.5 Å². The molecule has 1 unspecified atom stereocenters. The average molecular weight is 495 g/mol. The first kappa shape index (κ1) is 23.4. The second-order valence-electron chi connectivity index (χ2n) is 7.24. The van der Waals surface area contributed by atoms with Gasteiger partial charge in [-0.1, -0.05) is 6.07 Å². The maximum Gasteiger partial charge on any atom is 0.573 e. The van der Waals surface area contributed by atoms with Crippen molar-refractivity contribution in [1.82, 2.24) is 20.4 Å². The number of H-pyrrole nitrogens is 1. The molecule has 0 saturated carbocycles. The van der Waals surface area contributed by atoms with E-state index in [1.54, 1.807) is 18.2 Å². The van der Waals surface area contributed by atoms with Crippen molar-refractivity contribution >= 4 is 34.5 Å². The number of aromatic nitrogens is 2. The zero-order valence-corrected chi connectivity index (χ0v) is 18.3. The summed E-state index contributed by atoms with van der Waals surface area (Å²) in [6.07, 6.45) is -4.94. The summed E-state index contributed by atoms with van der Waals surface area (Å²) in [5.41, 5.74) is 6.87. The zero-order valence-electron chi connectivity index (χ0n) is 17.4. The molecule has 1 aliphatic heterocycles. The quantitative estimate of drug-likeness (QED) is 0.451. The highest BCUT2D eigenvalue weighted by Gasteiger charge is 2.34. The Morgan fingerprint density at radius 3 is 2.71 bits per heavy atom. The van der Waals surface area contributed by atoms with Crippen LogP contribution in [0.1, 0.15) is 27.0 Å². The van der Waals surface area contributed by atoms with E-state index in [0.29, 0.717) is 16.5 Å². The molecule has 34 heavy (non-hydrogen) atoms. The van der Waals surface area contributed by atoms with E-state index in [0.717, 1.165) is 18.2 Å². The van der Waals surface area contributed by atoms with Gasteiger partial charge in [-0.05, 0) is 35.9 Å². The third-order valence-corrected chi connectivity index (χ3v) is 6.20. The number of carbonyl (C=O) groups is 2. The molecule has 1 aromatic heterocycles. The molecular weight excluding hydrogens is 478 g/mol. The summed E-state index contributed by atoms with van der Waals surface area (Å²) in [6.45, 7) is -0.252. The van der Waals surface area contributed by atoms with E-state index in [9.17, 15) is 27.2 Å². The summed E-state index contributed by atoms with van der Waals surface area (Å²) in [4.78, 5) is 25.5. The molecule has 2 heterocycles. The van der Waals surface area contributed by atoms with Gasteiger partial charge in [0.2, 0.25) is 0 Å². The van der Waals surface area contributed by atoms with E-state index < -0.39 is 29.2 Å². The van der Waals surface area contributed by atoms with Gasteiger partial charge in [-0.3, -0.25) is 14.7 Å². The number of benzene rings is 2. The molecule has 0 saturated heterocycles. The van der Waals surface area contributed by atoms with Crippen molar-refractivity contribution in [2.24, 2.45) is 5.73 Å². The first-order valence-electron chi connectivity index (χ1n) is 9.73. The van der Waals surface area contributed by atoms with E-state index in [-0.39, 0.29) is 29.4 Å². The van der Waals surface area contributed by atoms with Crippen LogP contribution in [0.25, 0.3) is 10.9 Å². The van der Waals surface area contributed by atoms with Crippen molar-refractivity contribution in [1.29, 1.82) is 0 Å². The van der Waals surface area contributed by atoms with Gasteiger partial charge >= 0.3 is 6.36 Å². The Hall–Kier alpha value is -3.74. The SMILES string of the molecule is CNC(=O)c1n[nH]c2cc(C3SC=C(C(N)=O)N3Cc3cc(OC(F)(F)F)ccc3F)ccc12. The number of rotatable bonds is 6. The molecule has 4 rings (SSSR count). The lowest BCUT2D eigenvalue weighted by Gasteiger charge is -2.28. The number of nitrogens with one attached hydrogen (secondary N) is 2. The van der Waals surface area contributed by atoms with Gasteiger partial charge in [0, 0.05) is 30.0 Å². The molecule has 1 aliphatic rings. The van der Waals surface area contributed by atoms with Crippen LogP contribution >= 0.6 is 11.8 Å². The van der Waals surface area contributed by atoms with Gasteiger partial charge in [-0.15, -0.1) is 24.9 Å². The van der Waals surface area contributed by atoms with E-state index in [1.165, 1.54) is 29.1 Å². The number of hydrogen-bond donors (Lipinski definition) is 3. The molecular formula is C21H17F4N5O3S. The van der Waals surface area contributed by atoms with Gasteiger partial charge in [0.05, 0.1) is 5.52 Å². The van der Waals surface area contributed by atoms with Gasteiger partial charge in [0.25, 0.3) is 11.8 Å². The van der Waals surface area contributed by atoms with Crippen molar-refractivity contribution < 1.29 is 31.9 Å². The number of fused-ring (bicyclic) bond motifs is 1. The number of ether oxygens (including phenoxy) is 1. The second-order valence-corrected chi connectivity index (χ2v) is 8.20. The Morgan fingerprint density at radius 1 is 1.26 bits per heavy atom. The van der Waals surface area contributed by atoms with Crippen LogP contribution < -0.4 is 15.8 Å². The average Bonchev–Trinajstić information content (AvgIpc) is 3.38. The Kier molecular flexibility index (Phi) is 6.13. The summed E-state index contributed by atoms with van der Waals surface area (Å²) in [5.74, 6) is -2.50. The number of alkyl halides is 3. The number of carbonyl (C=O) groups excluding carboxylic acids is 2. The molecule has 0 aliphatic carbocycles. The Morgan fingerprint density at radius 2 is 2.03 bits per heavy atom. The fraction of sp³-hybridized carbons (Fsp3) is 0.190. The standard InChI is InChI=1S/C21H17F4N5O3S/c1-27-19(32)17-13-4-2-10(7-15(13)28-29-17)20-30(16(9-34-20)18(26)31)8-11-6-12(3-5-14(11)22)33-21(23,24)25/h2-7,9,20H,8H2,1H3,(H2,26,31)(H,27,32)(H,28,29).